The summed E-state index contributed by atoms with van der Waals surface area (Å²) in [6, 6.07) is 0. The van der Waals surface area contributed by atoms with Crippen molar-refractivity contribution < 1.29 is 0 Å². The highest BCUT2D eigenvalue weighted by Gasteiger charge is 2.26. The predicted molar refractivity (Wildman–Crippen MR) is 53.6 cm³/mol. The molecule has 3 rings (SSSR count). The van der Waals surface area contributed by atoms with Crippen LogP contribution in [0.25, 0.3) is 10.6 Å². The number of rotatable bonds is 0. The molecule has 2 aliphatic carbocycles. The molecule has 13 heavy (non-hydrogen) atoms. The van der Waals surface area contributed by atoms with Crippen molar-refractivity contribution >= 4 is 23.1 Å². The molecule has 0 aromatic rings. The summed E-state index contributed by atoms with van der Waals surface area (Å²) >= 11 is 7.73. The lowest BCUT2D eigenvalue weighted by Crippen LogP contribution is -1.83. The van der Waals surface area contributed by atoms with Crippen LogP contribution >= 0.6 is 23.1 Å². The minimum atomic E-state index is 0.862. The second-order valence-corrected chi connectivity index (χ2v) is 4.42. The average molecular weight is 211 g/mol. The van der Waals surface area contributed by atoms with Gasteiger partial charge in [0.2, 0.25) is 0 Å². The Morgan fingerprint density at radius 3 is 3.08 bits per heavy atom. The van der Waals surface area contributed by atoms with Crippen molar-refractivity contribution in [3.05, 3.63) is 22.5 Å². The normalized spacial score (nSPS) is 15.2. The molecule has 0 amide bonds. The molecule has 0 saturated heterocycles. The fraction of sp³-hybridized carbons (Fsp3) is 0.333. The number of halogens is 1. The van der Waals surface area contributed by atoms with Gasteiger partial charge in [0.15, 0.2) is 0 Å². The van der Waals surface area contributed by atoms with Gasteiger partial charge >= 0.3 is 0 Å². The van der Waals surface area contributed by atoms with Gasteiger partial charge in [-0.15, -0.1) is 0 Å². The molecule has 3 aliphatic rings. The largest absolute Gasteiger partial charge is 0.233 e. The molecule has 0 spiro atoms. The molecular weight excluding hydrogens is 204 g/mol. The van der Waals surface area contributed by atoms with E-state index in [0.29, 0.717) is 0 Å². The number of aromatic nitrogens is 2. The van der Waals surface area contributed by atoms with Crippen LogP contribution in [0.2, 0.25) is 5.02 Å². The Morgan fingerprint density at radius 1 is 1.31 bits per heavy atom. The van der Waals surface area contributed by atoms with Crippen molar-refractivity contribution in [2.24, 2.45) is 0 Å². The molecule has 0 aromatic carbocycles. The highest BCUT2D eigenvalue weighted by atomic mass is 35.5. The Kier molecular flexibility index (Phi) is 1.58. The van der Waals surface area contributed by atoms with E-state index in [4.69, 9.17) is 11.6 Å². The molecule has 0 fully saturated rings. The van der Waals surface area contributed by atoms with Gasteiger partial charge in [0, 0.05) is 0 Å². The Balaban J connectivity index is 2.41. The van der Waals surface area contributed by atoms with Gasteiger partial charge in [0.05, 0.1) is 9.90 Å². The third kappa shape index (κ3) is 0.944. The van der Waals surface area contributed by atoms with Gasteiger partial charge in [-0.2, -0.15) is 4.37 Å². The molecule has 0 saturated carbocycles. The molecule has 0 N–H and O–H groups in total. The number of hydrogen-bond donors (Lipinski definition) is 0. The maximum atomic E-state index is 6.22. The first-order valence-corrected chi connectivity index (χ1v) is 5.42. The second kappa shape index (κ2) is 2.66. The van der Waals surface area contributed by atoms with Crippen molar-refractivity contribution in [1.29, 1.82) is 0 Å². The van der Waals surface area contributed by atoms with Crippen LogP contribution in [0.5, 0.6) is 0 Å². The van der Waals surface area contributed by atoms with Crippen molar-refractivity contribution in [1.82, 2.24) is 9.36 Å². The molecule has 66 valence electrons. The zero-order valence-corrected chi connectivity index (χ0v) is 8.45. The van der Waals surface area contributed by atoms with Gasteiger partial charge in [0.1, 0.15) is 12.0 Å². The molecule has 0 aromatic heterocycles. The number of fused-ring (bicyclic) bond motifs is 3. The topological polar surface area (TPSA) is 25.8 Å². The minimum absolute atomic E-state index is 0.862. The van der Waals surface area contributed by atoms with Gasteiger partial charge in [-0.05, 0) is 41.9 Å². The molecule has 0 unspecified atom stereocenters. The van der Waals surface area contributed by atoms with Crippen molar-refractivity contribution in [2.75, 3.05) is 0 Å². The van der Waals surface area contributed by atoms with Crippen LogP contribution < -0.4 is 0 Å². The van der Waals surface area contributed by atoms with E-state index in [1.165, 1.54) is 34.0 Å². The Bertz CT molecular complexity index is 438. The quantitative estimate of drug-likeness (QED) is 0.668. The van der Waals surface area contributed by atoms with Crippen molar-refractivity contribution in [2.45, 2.75) is 19.3 Å². The summed E-state index contributed by atoms with van der Waals surface area (Å²) in [5, 5.41) is 0.862. The zero-order chi connectivity index (χ0) is 8.84. The first-order chi connectivity index (χ1) is 6.38. The van der Waals surface area contributed by atoms with Gasteiger partial charge < -0.3 is 0 Å². The third-order valence-electron chi connectivity index (χ3n) is 2.56. The van der Waals surface area contributed by atoms with Crippen molar-refractivity contribution in [3.8, 4) is 10.6 Å². The van der Waals surface area contributed by atoms with Gasteiger partial charge in [-0.1, -0.05) is 11.6 Å². The van der Waals surface area contributed by atoms with Crippen LogP contribution in [0.1, 0.15) is 17.5 Å². The van der Waals surface area contributed by atoms with Crippen LogP contribution in [0.3, 0.4) is 0 Å². The highest BCUT2D eigenvalue weighted by Crippen LogP contribution is 2.44. The van der Waals surface area contributed by atoms with E-state index < -0.39 is 0 Å². The maximum Gasteiger partial charge on any atom is 0.129 e. The van der Waals surface area contributed by atoms with E-state index in [0.717, 1.165) is 23.6 Å². The molecule has 2 nitrogen and oxygen atoms in total. The maximum absolute atomic E-state index is 6.22. The Hall–Kier alpha value is -0.670. The molecular formula is C9H7ClN2S. The molecule has 0 radical (unpaired) electrons. The molecule has 1 aliphatic heterocycles. The summed E-state index contributed by atoms with van der Waals surface area (Å²) in [5.74, 6) is 0. The van der Waals surface area contributed by atoms with Crippen LogP contribution in [-0.2, 0) is 12.8 Å². The SMILES string of the molecule is Clc1c2ncnsc-2c2c1CCC2. The van der Waals surface area contributed by atoms with E-state index in [1.807, 2.05) is 0 Å². The lowest BCUT2D eigenvalue weighted by molar-refractivity contribution is 0.909. The van der Waals surface area contributed by atoms with Crippen LogP contribution in [0, 0.1) is 0 Å². The minimum Gasteiger partial charge on any atom is -0.233 e. The zero-order valence-electron chi connectivity index (χ0n) is 6.88. The van der Waals surface area contributed by atoms with Crippen molar-refractivity contribution in [3.63, 3.8) is 0 Å². The fourth-order valence-corrected chi connectivity index (χ4v) is 3.18. The monoisotopic (exact) mass is 210 g/mol. The lowest BCUT2D eigenvalue weighted by atomic mass is 10.2. The Morgan fingerprint density at radius 2 is 2.15 bits per heavy atom. The molecule has 4 heteroatoms. The average Bonchev–Trinajstić information content (AvgIpc) is 2.72. The summed E-state index contributed by atoms with van der Waals surface area (Å²) in [5.41, 5.74) is 3.66. The van der Waals surface area contributed by atoms with Gasteiger partial charge in [0.25, 0.3) is 0 Å². The highest BCUT2D eigenvalue weighted by molar-refractivity contribution is 7.09. The number of hydrogen-bond acceptors (Lipinski definition) is 3. The molecule has 0 atom stereocenters. The first kappa shape index (κ1) is 7.71. The third-order valence-corrected chi connectivity index (χ3v) is 3.79. The van der Waals surface area contributed by atoms with E-state index in [2.05, 4.69) is 9.36 Å². The van der Waals surface area contributed by atoms with E-state index in [9.17, 15) is 0 Å². The smallest absolute Gasteiger partial charge is 0.129 e. The van der Waals surface area contributed by atoms with E-state index in [-0.39, 0.29) is 0 Å². The summed E-state index contributed by atoms with van der Waals surface area (Å²) in [6.07, 6.45) is 5.05. The summed E-state index contributed by atoms with van der Waals surface area (Å²) in [4.78, 5) is 5.41. The van der Waals surface area contributed by atoms with Crippen LogP contribution in [0.15, 0.2) is 6.33 Å². The molecule has 0 bridgehead atoms. The van der Waals surface area contributed by atoms with Crippen LogP contribution in [0.4, 0.5) is 0 Å². The second-order valence-electron chi connectivity index (χ2n) is 3.24. The van der Waals surface area contributed by atoms with Gasteiger partial charge in [-0.25, -0.2) is 4.98 Å². The Labute approximate surface area is 85.1 Å². The standard InChI is InChI=1S/C9H7ClN2S/c10-7-5-2-1-3-6(5)9-8(7)11-4-12-13-9/h4H,1-3H2. The number of nitrogens with zero attached hydrogens (tertiary/aromatic N) is 2. The fourth-order valence-electron chi connectivity index (χ4n) is 1.99. The lowest BCUT2D eigenvalue weighted by Gasteiger charge is -1.97. The van der Waals surface area contributed by atoms with Gasteiger partial charge in [-0.3, -0.25) is 0 Å². The van der Waals surface area contributed by atoms with E-state index in [1.54, 1.807) is 6.33 Å². The van der Waals surface area contributed by atoms with E-state index >= 15 is 0 Å². The molecule has 1 heterocycles. The first-order valence-electron chi connectivity index (χ1n) is 4.27. The predicted octanol–water partition coefficient (Wildman–Crippen LogP) is 2.79. The summed E-state index contributed by atoms with van der Waals surface area (Å²) < 4.78 is 4.08. The summed E-state index contributed by atoms with van der Waals surface area (Å²) in [7, 11) is 0. The van der Waals surface area contributed by atoms with Crippen LogP contribution in [-0.4, -0.2) is 9.36 Å². The summed E-state index contributed by atoms with van der Waals surface area (Å²) in [6.45, 7) is 0.